The van der Waals surface area contributed by atoms with Crippen LogP contribution in [0.25, 0.3) is 22.4 Å². The Morgan fingerprint density at radius 1 is 1.15 bits per heavy atom. The maximum Gasteiger partial charge on any atom is 0.339 e. The van der Waals surface area contributed by atoms with Crippen LogP contribution < -0.4 is 5.32 Å². The zero-order chi connectivity index (χ0) is 23.5. The number of hydrogen-bond acceptors (Lipinski definition) is 8. The first kappa shape index (κ1) is 22.3. The number of pyridine rings is 1. The first-order chi connectivity index (χ1) is 15.8. The smallest absolute Gasteiger partial charge is 0.339 e. The molecule has 0 aliphatic carbocycles. The van der Waals surface area contributed by atoms with Gasteiger partial charge < -0.3 is 14.6 Å². The summed E-state index contributed by atoms with van der Waals surface area (Å²) in [7, 11) is 0. The highest BCUT2D eigenvalue weighted by Gasteiger charge is 2.25. The lowest BCUT2D eigenvalue weighted by Gasteiger charge is -2.12. The quantitative estimate of drug-likeness (QED) is 0.321. The first-order valence-electron chi connectivity index (χ1n) is 10.2. The van der Waals surface area contributed by atoms with Crippen molar-refractivity contribution in [1.82, 2.24) is 15.5 Å². The molecule has 0 aliphatic heterocycles. The van der Waals surface area contributed by atoms with Gasteiger partial charge >= 0.3 is 5.97 Å². The van der Waals surface area contributed by atoms with Crippen LogP contribution in [-0.2, 0) is 16.1 Å². The van der Waals surface area contributed by atoms with Crippen LogP contribution in [0.3, 0.4) is 0 Å². The standard InChI is InChI=1S/C24H21N3O5S/c1-13-21-18(11-19(26-23(21)32-27-13)16-7-5-4-6-8-16)24(30)31-14(2)22(29)20-10-9-17(33-20)12-25-15(3)28/h4-11,14H,12H2,1-3H3,(H,25,28). The van der Waals surface area contributed by atoms with E-state index < -0.39 is 12.1 Å². The van der Waals surface area contributed by atoms with E-state index in [1.807, 2.05) is 30.3 Å². The van der Waals surface area contributed by atoms with Crippen LogP contribution in [-0.4, -0.2) is 33.9 Å². The molecule has 4 rings (SSSR count). The Labute approximate surface area is 193 Å². The fraction of sp³-hybridized carbons (Fsp3) is 0.208. The molecule has 1 atom stereocenters. The summed E-state index contributed by atoms with van der Waals surface area (Å²) in [5.41, 5.74) is 2.29. The Hall–Kier alpha value is -3.85. The molecule has 0 radical (unpaired) electrons. The lowest BCUT2D eigenvalue weighted by atomic mass is 10.1. The molecule has 4 aromatic rings. The molecule has 0 bridgehead atoms. The fourth-order valence-electron chi connectivity index (χ4n) is 3.31. The monoisotopic (exact) mass is 463 g/mol. The largest absolute Gasteiger partial charge is 0.451 e. The molecule has 0 saturated carbocycles. The SMILES string of the molecule is CC(=O)NCc1ccc(C(=O)C(C)OC(=O)c2cc(-c3ccccc3)nc3onc(C)c23)s1. The van der Waals surface area contributed by atoms with E-state index in [4.69, 9.17) is 9.26 Å². The van der Waals surface area contributed by atoms with Crippen LogP contribution >= 0.6 is 11.3 Å². The van der Waals surface area contributed by atoms with Crippen molar-refractivity contribution in [2.24, 2.45) is 0 Å². The van der Waals surface area contributed by atoms with Gasteiger partial charge in [0.2, 0.25) is 11.7 Å². The lowest BCUT2D eigenvalue weighted by Crippen LogP contribution is -2.24. The second-order valence-electron chi connectivity index (χ2n) is 7.46. The van der Waals surface area contributed by atoms with Crippen LogP contribution in [0.15, 0.2) is 53.1 Å². The Balaban J connectivity index is 1.58. The molecular weight excluding hydrogens is 442 g/mol. The second-order valence-corrected chi connectivity index (χ2v) is 8.63. The van der Waals surface area contributed by atoms with Crippen molar-refractivity contribution in [2.45, 2.75) is 33.4 Å². The van der Waals surface area contributed by atoms with Crippen molar-refractivity contribution in [1.29, 1.82) is 0 Å². The summed E-state index contributed by atoms with van der Waals surface area (Å²) < 4.78 is 10.8. The van der Waals surface area contributed by atoms with E-state index in [2.05, 4.69) is 15.5 Å². The van der Waals surface area contributed by atoms with Gasteiger partial charge in [0.15, 0.2) is 6.10 Å². The number of fused-ring (bicyclic) bond motifs is 1. The Kier molecular flexibility index (Phi) is 6.32. The predicted octanol–water partition coefficient (Wildman–Crippen LogP) is 4.32. The molecule has 0 spiro atoms. The van der Waals surface area contributed by atoms with E-state index in [0.29, 0.717) is 28.2 Å². The lowest BCUT2D eigenvalue weighted by molar-refractivity contribution is -0.119. The van der Waals surface area contributed by atoms with E-state index >= 15 is 0 Å². The maximum absolute atomic E-state index is 13.1. The number of carbonyl (C=O) groups excluding carboxylic acids is 3. The zero-order valence-corrected chi connectivity index (χ0v) is 19.1. The summed E-state index contributed by atoms with van der Waals surface area (Å²) in [6, 6.07) is 14.4. The average molecular weight is 464 g/mol. The van der Waals surface area contributed by atoms with Gasteiger partial charge in [-0.15, -0.1) is 11.3 Å². The Morgan fingerprint density at radius 2 is 1.91 bits per heavy atom. The number of ketones is 1. The minimum absolute atomic E-state index is 0.152. The van der Waals surface area contributed by atoms with E-state index in [9.17, 15) is 14.4 Å². The van der Waals surface area contributed by atoms with Crippen LogP contribution in [0.4, 0.5) is 0 Å². The van der Waals surface area contributed by atoms with Crippen LogP contribution in [0, 0.1) is 6.92 Å². The Morgan fingerprint density at radius 3 is 2.64 bits per heavy atom. The number of aromatic nitrogens is 2. The van der Waals surface area contributed by atoms with Crippen molar-refractivity contribution in [3.63, 3.8) is 0 Å². The molecule has 0 saturated heterocycles. The molecule has 0 fully saturated rings. The van der Waals surface area contributed by atoms with Crippen molar-refractivity contribution >= 4 is 40.1 Å². The summed E-state index contributed by atoms with van der Waals surface area (Å²) in [4.78, 5) is 42.8. The number of aryl methyl sites for hydroxylation is 1. The number of nitrogens with zero attached hydrogens (tertiary/aromatic N) is 2. The number of ether oxygens (including phenoxy) is 1. The highest BCUT2D eigenvalue weighted by atomic mass is 32.1. The molecular formula is C24H21N3O5S. The molecule has 1 unspecified atom stereocenters. The highest BCUT2D eigenvalue weighted by molar-refractivity contribution is 7.14. The minimum atomic E-state index is -1.01. The van der Waals surface area contributed by atoms with Gasteiger partial charge in [-0.3, -0.25) is 9.59 Å². The van der Waals surface area contributed by atoms with Gasteiger partial charge in [-0.2, -0.15) is 0 Å². The molecule has 3 heterocycles. The van der Waals surface area contributed by atoms with Gasteiger partial charge in [0.25, 0.3) is 5.71 Å². The topological polar surface area (TPSA) is 111 Å². The number of thiophene rings is 1. The van der Waals surface area contributed by atoms with Gasteiger partial charge in [0, 0.05) is 17.4 Å². The van der Waals surface area contributed by atoms with Gasteiger partial charge in [0.1, 0.15) is 0 Å². The van der Waals surface area contributed by atoms with Gasteiger partial charge in [-0.05, 0) is 32.0 Å². The van der Waals surface area contributed by atoms with E-state index in [0.717, 1.165) is 10.4 Å². The van der Waals surface area contributed by atoms with Crippen LogP contribution in [0.5, 0.6) is 0 Å². The number of nitrogens with one attached hydrogen (secondary N) is 1. The molecule has 1 N–H and O–H groups in total. The molecule has 8 nitrogen and oxygen atoms in total. The summed E-state index contributed by atoms with van der Waals surface area (Å²) in [5.74, 6) is -1.14. The molecule has 168 valence electrons. The number of esters is 1. The van der Waals surface area contributed by atoms with Crippen molar-refractivity contribution in [3.05, 3.63) is 69.5 Å². The first-order valence-corrected chi connectivity index (χ1v) is 11.1. The number of benzene rings is 1. The van der Waals surface area contributed by atoms with Gasteiger partial charge in [-0.25, -0.2) is 9.78 Å². The summed E-state index contributed by atoms with van der Waals surface area (Å²) in [5, 5.41) is 7.07. The maximum atomic E-state index is 13.1. The van der Waals surface area contributed by atoms with Crippen molar-refractivity contribution < 1.29 is 23.6 Å². The van der Waals surface area contributed by atoms with Crippen LogP contribution in [0.2, 0.25) is 0 Å². The molecule has 9 heteroatoms. The van der Waals surface area contributed by atoms with E-state index in [-0.39, 0.29) is 23.0 Å². The normalized spacial score (nSPS) is 11.8. The number of hydrogen-bond donors (Lipinski definition) is 1. The van der Waals surface area contributed by atoms with E-state index in [1.54, 1.807) is 25.1 Å². The number of amides is 1. The summed E-state index contributed by atoms with van der Waals surface area (Å²) >= 11 is 1.25. The molecule has 0 aliphatic rings. The third kappa shape index (κ3) is 4.83. The summed E-state index contributed by atoms with van der Waals surface area (Å²) in [6.07, 6.45) is -1.01. The predicted molar refractivity (Wildman–Crippen MR) is 123 cm³/mol. The fourth-order valence-corrected chi connectivity index (χ4v) is 4.27. The average Bonchev–Trinajstić information content (AvgIpc) is 3.44. The van der Waals surface area contributed by atoms with E-state index in [1.165, 1.54) is 25.2 Å². The third-order valence-electron chi connectivity index (χ3n) is 4.98. The minimum Gasteiger partial charge on any atom is -0.451 e. The zero-order valence-electron chi connectivity index (χ0n) is 18.2. The van der Waals surface area contributed by atoms with Crippen LogP contribution in [0.1, 0.15) is 44.4 Å². The second kappa shape index (κ2) is 9.33. The Bertz CT molecular complexity index is 1340. The molecule has 1 aromatic carbocycles. The number of rotatable bonds is 7. The summed E-state index contributed by atoms with van der Waals surface area (Å²) in [6.45, 7) is 5.01. The number of Topliss-reactive ketones (excluding diaryl/α,β-unsaturated/α-hetero) is 1. The highest BCUT2D eigenvalue weighted by Crippen LogP contribution is 2.28. The number of carbonyl (C=O) groups is 3. The molecule has 3 aromatic heterocycles. The third-order valence-corrected chi connectivity index (χ3v) is 6.08. The van der Waals surface area contributed by atoms with Crippen molar-refractivity contribution in [3.8, 4) is 11.3 Å². The molecule has 1 amide bonds. The van der Waals surface area contributed by atoms with Crippen molar-refractivity contribution in [2.75, 3.05) is 0 Å². The molecule has 33 heavy (non-hydrogen) atoms. The van der Waals surface area contributed by atoms with Gasteiger partial charge in [-0.1, -0.05) is 35.5 Å². The van der Waals surface area contributed by atoms with Gasteiger partial charge in [0.05, 0.1) is 33.8 Å².